The van der Waals surface area contributed by atoms with Crippen LogP contribution in [0.25, 0.3) is 0 Å². The summed E-state index contributed by atoms with van der Waals surface area (Å²) in [7, 11) is 3.65. The molecule has 0 amide bonds. The smallest absolute Gasteiger partial charge is 0.468 e. The minimum Gasteiger partial charge on any atom is -0.468 e. The minimum atomic E-state index is -2.48. The molecule has 0 heterocycles. The quantitative estimate of drug-likeness (QED) is 0.370. The summed E-state index contributed by atoms with van der Waals surface area (Å²) in [6, 6.07) is 0.404. The van der Waals surface area contributed by atoms with Gasteiger partial charge in [0.15, 0.2) is 0 Å². The van der Waals surface area contributed by atoms with Crippen molar-refractivity contribution in [3.05, 3.63) is 0 Å². The first kappa shape index (κ1) is 16.5. The molecule has 0 spiro atoms. The lowest BCUT2D eigenvalue weighted by Crippen LogP contribution is -2.43. The standard InChI is InChI=1S/C10H23NO5Si/c1-9(10(12)13-2)11-7-6-8-17(14-3,15-4)16-5/h9,11H,6-8H2,1-5H3. The average molecular weight is 265 g/mol. The molecule has 0 rings (SSSR count). The minimum absolute atomic E-state index is 0.265. The van der Waals surface area contributed by atoms with E-state index in [1.807, 2.05) is 0 Å². The summed E-state index contributed by atoms with van der Waals surface area (Å²) in [5, 5.41) is 3.06. The molecule has 0 aromatic heterocycles. The van der Waals surface area contributed by atoms with Gasteiger partial charge in [-0.3, -0.25) is 4.79 Å². The first-order valence-corrected chi connectivity index (χ1v) is 7.45. The summed E-state index contributed by atoms with van der Waals surface area (Å²) in [4.78, 5) is 11.1. The zero-order valence-corrected chi connectivity index (χ0v) is 12.2. The second-order valence-corrected chi connectivity index (χ2v) is 6.69. The van der Waals surface area contributed by atoms with Crippen molar-refractivity contribution in [2.24, 2.45) is 0 Å². The Bertz CT molecular complexity index is 214. The number of carbonyl (C=O) groups is 1. The second kappa shape index (κ2) is 8.59. The molecule has 0 aliphatic rings. The molecule has 1 atom stereocenters. The highest BCUT2D eigenvalue weighted by Gasteiger charge is 2.36. The van der Waals surface area contributed by atoms with Crippen LogP contribution in [-0.2, 0) is 22.8 Å². The first-order chi connectivity index (χ1) is 8.05. The zero-order chi connectivity index (χ0) is 13.3. The van der Waals surface area contributed by atoms with E-state index < -0.39 is 8.80 Å². The van der Waals surface area contributed by atoms with Crippen LogP contribution in [0.4, 0.5) is 0 Å². The lowest BCUT2D eigenvalue weighted by Gasteiger charge is -2.24. The summed E-state index contributed by atoms with van der Waals surface area (Å²) in [5.41, 5.74) is 0. The molecule has 1 unspecified atom stereocenters. The number of hydrogen-bond donors (Lipinski definition) is 1. The largest absolute Gasteiger partial charge is 0.500 e. The van der Waals surface area contributed by atoms with Gasteiger partial charge in [0, 0.05) is 27.4 Å². The van der Waals surface area contributed by atoms with E-state index in [0.717, 1.165) is 6.42 Å². The van der Waals surface area contributed by atoms with Crippen LogP contribution in [0.3, 0.4) is 0 Å². The number of carbonyl (C=O) groups excluding carboxylic acids is 1. The number of nitrogens with one attached hydrogen (secondary N) is 1. The number of rotatable bonds is 9. The van der Waals surface area contributed by atoms with Gasteiger partial charge in [0.1, 0.15) is 6.04 Å². The van der Waals surface area contributed by atoms with E-state index in [4.69, 9.17) is 13.3 Å². The van der Waals surface area contributed by atoms with E-state index in [0.29, 0.717) is 12.6 Å². The van der Waals surface area contributed by atoms with Crippen molar-refractivity contribution < 1.29 is 22.8 Å². The molecule has 7 heteroatoms. The van der Waals surface area contributed by atoms with Gasteiger partial charge in [0.25, 0.3) is 0 Å². The fourth-order valence-corrected chi connectivity index (χ4v) is 3.16. The van der Waals surface area contributed by atoms with Crippen molar-refractivity contribution in [2.75, 3.05) is 35.0 Å². The second-order valence-electron chi connectivity index (χ2n) is 3.60. The van der Waals surface area contributed by atoms with Crippen molar-refractivity contribution in [1.29, 1.82) is 0 Å². The molecule has 0 aromatic rings. The molecule has 6 nitrogen and oxygen atoms in total. The Balaban J connectivity index is 3.87. The zero-order valence-electron chi connectivity index (χ0n) is 11.2. The van der Waals surface area contributed by atoms with E-state index >= 15 is 0 Å². The van der Waals surface area contributed by atoms with Crippen molar-refractivity contribution in [2.45, 2.75) is 25.4 Å². The van der Waals surface area contributed by atoms with Crippen molar-refractivity contribution in [3.63, 3.8) is 0 Å². The van der Waals surface area contributed by atoms with Crippen molar-refractivity contribution in [1.82, 2.24) is 5.32 Å². The van der Waals surface area contributed by atoms with Gasteiger partial charge < -0.3 is 23.3 Å². The lowest BCUT2D eigenvalue weighted by atomic mass is 10.3. The molecule has 102 valence electrons. The molecular weight excluding hydrogens is 242 g/mol. The Morgan fingerprint density at radius 1 is 1.18 bits per heavy atom. The monoisotopic (exact) mass is 265 g/mol. The summed E-state index contributed by atoms with van der Waals surface area (Å²) < 4.78 is 20.5. The SMILES string of the molecule is COC(=O)C(C)NCCC[Si](OC)(OC)OC. The highest BCUT2D eigenvalue weighted by Crippen LogP contribution is 2.14. The van der Waals surface area contributed by atoms with Gasteiger partial charge in [0.05, 0.1) is 7.11 Å². The van der Waals surface area contributed by atoms with Gasteiger partial charge in [-0.25, -0.2) is 0 Å². The van der Waals surface area contributed by atoms with Crippen LogP contribution in [0.2, 0.25) is 6.04 Å². The Kier molecular flexibility index (Phi) is 8.35. The van der Waals surface area contributed by atoms with Gasteiger partial charge in [0.2, 0.25) is 0 Å². The van der Waals surface area contributed by atoms with Crippen LogP contribution in [0.1, 0.15) is 13.3 Å². The van der Waals surface area contributed by atoms with E-state index in [2.05, 4.69) is 10.1 Å². The molecule has 0 aromatic carbocycles. The molecule has 0 saturated heterocycles. The molecule has 0 bridgehead atoms. The number of hydrogen-bond acceptors (Lipinski definition) is 6. The van der Waals surface area contributed by atoms with Crippen molar-refractivity contribution in [3.8, 4) is 0 Å². The Morgan fingerprint density at radius 3 is 2.12 bits per heavy atom. The van der Waals surface area contributed by atoms with Gasteiger partial charge in [-0.1, -0.05) is 0 Å². The Hall–Kier alpha value is -0.473. The molecule has 0 saturated carbocycles. The normalized spacial score (nSPS) is 13.5. The fraction of sp³-hybridized carbons (Fsp3) is 0.900. The Morgan fingerprint density at radius 2 is 1.71 bits per heavy atom. The third kappa shape index (κ3) is 5.60. The molecule has 0 radical (unpaired) electrons. The number of methoxy groups -OCH3 is 1. The molecular formula is C10H23NO5Si. The van der Waals surface area contributed by atoms with Crippen molar-refractivity contribution >= 4 is 14.8 Å². The van der Waals surface area contributed by atoms with E-state index in [-0.39, 0.29) is 12.0 Å². The van der Waals surface area contributed by atoms with Crippen LogP contribution >= 0.6 is 0 Å². The molecule has 0 aliphatic carbocycles. The average Bonchev–Trinajstić information content (AvgIpc) is 2.38. The maximum Gasteiger partial charge on any atom is 0.500 e. The summed E-state index contributed by atoms with van der Waals surface area (Å²) >= 11 is 0. The lowest BCUT2D eigenvalue weighted by molar-refractivity contribution is -0.142. The van der Waals surface area contributed by atoms with Gasteiger partial charge in [-0.2, -0.15) is 0 Å². The Labute approximate surface area is 104 Å². The number of esters is 1. The molecule has 0 aliphatic heterocycles. The van der Waals surface area contributed by atoms with Crippen LogP contribution in [0.5, 0.6) is 0 Å². The van der Waals surface area contributed by atoms with Gasteiger partial charge in [-0.15, -0.1) is 0 Å². The molecule has 17 heavy (non-hydrogen) atoms. The first-order valence-electron chi connectivity index (χ1n) is 5.52. The van der Waals surface area contributed by atoms with Crippen LogP contribution in [-0.4, -0.2) is 55.8 Å². The highest BCUT2D eigenvalue weighted by atomic mass is 28.4. The maximum absolute atomic E-state index is 11.1. The summed E-state index contributed by atoms with van der Waals surface area (Å²) in [6.45, 7) is 2.45. The molecule has 0 fully saturated rings. The third-order valence-electron chi connectivity index (χ3n) is 2.60. The van der Waals surface area contributed by atoms with Crippen LogP contribution < -0.4 is 5.32 Å². The third-order valence-corrected chi connectivity index (χ3v) is 5.43. The fourth-order valence-electron chi connectivity index (χ4n) is 1.44. The van der Waals surface area contributed by atoms with Crippen LogP contribution in [0.15, 0.2) is 0 Å². The summed E-state index contributed by atoms with van der Waals surface area (Å²) in [5.74, 6) is -0.265. The predicted molar refractivity (Wildman–Crippen MR) is 65.7 cm³/mol. The van der Waals surface area contributed by atoms with E-state index in [9.17, 15) is 4.79 Å². The number of ether oxygens (including phenoxy) is 1. The topological polar surface area (TPSA) is 66.0 Å². The van der Waals surface area contributed by atoms with E-state index in [1.165, 1.54) is 7.11 Å². The van der Waals surface area contributed by atoms with Gasteiger partial charge >= 0.3 is 14.8 Å². The highest BCUT2D eigenvalue weighted by molar-refractivity contribution is 6.60. The summed E-state index contributed by atoms with van der Waals surface area (Å²) in [6.07, 6.45) is 0.809. The predicted octanol–water partition coefficient (Wildman–Crippen LogP) is 0.406. The molecule has 1 N–H and O–H groups in total. The van der Waals surface area contributed by atoms with E-state index in [1.54, 1.807) is 28.3 Å². The van der Waals surface area contributed by atoms with Crippen LogP contribution in [0, 0.1) is 0 Å². The van der Waals surface area contributed by atoms with Gasteiger partial charge in [-0.05, 0) is 19.9 Å². The maximum atomic E-state index is 11.1.